The van der Waals surface area contributed by atoms with Gasteiger partial charge in [0.1, 0.15) is 0 Å². The van der Waals surface area contributed by atoms with Crippen LogP contribution in [-0.2, 0) is 15.4 Å². The van der Waals surface area contributed by atoms with Gasteiger partial charge in [0, 0.05) is 19.2 Å². The molecule has 0 aliphatic heterocycles. The highest BCUT2D eigenvalue weighted by Gasteiger charge is 2.37. The molecule has 0 fully saturated rings. The van der Waals surface area contributed by atoms with Crippen LogP contribution in [0.5, 0.6) is 0 Å². The molecular weight excluding hydrogens is 306 g/mol. The Bertz CT molecular complexity index is 444. The average Bonchev–Trinajstić information content (AvgIpc) is 2.42. The van der Waals surface area contributed by atoms with Gasteiger partial charge in [0.2, 0.25) is 0 Å². The molecule has 0 bridgehead atoms. The summed E-state index contributed by atoms with van der Waals surface area (Å²) in [5.41, 5.74) is 1.38. The fourth-order valence-electron chi connectivity index (χ4n) is 2.39. The second-order valence-corrected chi connectivity index (χ2v) is 14.1. The van der Waals surface area contributed by atoms with Crippen molar-refractivity contribution in [1.82, 2.24) is 4.90 Å². The lowest BCUT2D eigenvalue weighted by Crippen LogP contribution is -2.57. The fourth-order valence-corrected chi connectivity index (χ4v) is 6.54. The molecule has 0 spiro atoms. The Labute approximate surface area is 139 Å². The maximum Gasteiger partial charge on any atom is 0.332 e. The van der Waals surface area contributed by atoms with Crippen LogP contribution in [-0.4, -0.2) is 40.8 Å². The van der Waals surface area contributed by atoms with Crippen molar-refractivity contribution in [2.75, 3.05) is 7.11 Å². The first kappa shape index (κ1) is 19.6. The first-order valence-corrected chi connectivity index (χ1v) is 13.9. The maximum absolute atomic E-state index is 6.51. The molecule has 1 aromatic carbocycles. The van der Waals surface area contributed by atoms with Crippen molar-refractivity contribution in [3.8, 4) is 0 Å². The fraction of sp³-hybridized carbons (Fsp3) is 0.647. The zero-order valence-corrected chi connectivity index (χ0v) is 17.7. The van der Waals surface area contributed by atoms with Crippen molar-refractivity contribution in [1.29, 1.82) is 0 Å². The van der Waals surface area contributed by atoms with Gasteiger partial charge in [-0.2, -0.15) is 0 Å². The molecule has 0 heterocycles. The lowest BCUT2D eigenvalue weighted by atomic mass is 10.1. The van der Waals surface area contributed by atoms with Crippen molar-refractivity contribution in [3.63, 3.8) is 0 Å². The highest BCUT2D eigenvalue weighted by molar-refractivity contribution is 6.66. The van der Waals surface area contributed by atoms with E-state index >= 15 is 0 Å². The minimum absolute atomic E-state index is 0.0516. The van der Waals surface area contributed by atoms with Crippen molar-refractivity contribution in [2.24, 2.45) is 0 Å². The van der Waals surface area contributed by atoms with Crippen molar-refractivity contribution in [2.45, 2.75) is 64.9 Å². The van der Waals surface area contributed by atoms with E-state index in [4.69, 9.17) is 8.85 Å². The molecule has 0 saturated carbocycles. The second kappa shape index (κ2) is 7.88. The Balaban J connectivity index is 3.06. The van der Waals surface area contributed by atoms with Crippen LogP contribution in [0.2, 0.25) is 26.2 Å². The third kappa shape index (κ3) is 5.97. The third-order valence-corrected chi connectivity index (χ3v) is 7.53. The first-order valence-electron chi connectivity index (χ1n) is 8.10. The van der Waals surface area contributed by atoms with Crippen molar-refractivity contribution >= 4 is 17.4 Å². The van der Waals surface area contributed by atoms with Gasteiger partial charge in [-0.3, -0.25) is 4.90 Å². The van der Waals surface area contributed by atoms with E-state index in [0.29, 0.717) is 0 Å². The molecule has 0 radical (unpaired) electrons. The normalized spacial score (nSPS) is 14.6. The zero-order valence-electron chi connectivity index (χ0n) is 15.5. The van der Waals surface area contributed by atoms with Gasteiger partial charge in [0.15, 0.2) is 0 Å². The lowest BCUT2D eigenvalue weighted by Gasteiger charge is -2.45. The van der Waals surface area contributed by atoms with E-state index in [-0.39, 0.29) is 11.4 Å². The number of nitrogens with zero attached hydrogens (tertiary/aromatic N) is 1. The minimum atomic E-state index is -2.07. The Hall–Kier alpha value is -0.466. The molecule has 1 rings (SSSR count). The standard InChI is InChI=1S/C17H33NO2Si2/c1-17(2,3)18(14-15-12-10-9-11-13-15)16(21(5)6)20-22(7,8)19-4/h9-13,16,21H,14H2,1-8H3. The molecular formula is C17H33NO2Si2. The van der Waals surface area contributed by atoms with E-state index in [1.807, 2.05) is 0 Å². The zero-order chi connectivity index (χ0) is 17.0. The Morgan fingerprint density at radius 2 is 1.68 bits per heavy atom. The SMILES string of the molecule is CO[Si](C)(C)OC(N(Cc1ccccc1)C(C)(C)C)[SiH](C)C. The Morgan fingerprint density at radius 1 is 1.14 bits per heavy atom. The maximum atomic E-state index is 6.51. The van der Waals surface area contributed by atoms with Gasteiger partial charge in [-0.1, -0.05) is 43.4 Å². The number of benzene rings is 1. The molecule has 22 heavy (non-hydrogen) atoms. The van der Waals surface area contributed by atoms with E-state index in [1.165, 1.54) is 5.56 Å². The molecule has 0 N–H and O–H groups in total. The Kier molecular flexibility index (Phi) is 7.01. The monoisotopic (exact) mass is 339 g/mol. The molecule has 5 heteroatoms. The van der Waals surface area contributed by atoms with Gasteiger partial charge in [0.05, 0.1) is 14.6 Å². The summed E-state index contributed by atoms with van der Waals surface area (Å²) in [5, 5.41) is 0. The molecule has 126 valence electrons. The smallest absolute Gasteiger partial charge is 0.332 e. The highest BCUT2D eigenvalue weighted by Crippen LogP contribution is 2.25. The van der Waals surface area contributed by atoms with Crippen LogP contribution in [0.15, 0.2) is 30.3 Å². The molecule has 1 unspecified atom stereocenters. The summed E-state index contributed by atoms with van der Waals surface area (Å²) < 4.78 is 12.2. The molecule has 0 amide bonds. The van der Waals surface area contributed by atoms with E-state index in [2.05, 4.69) is 82.2 Å². The predicted molar refractivity (Wildman–Crippen MR) is 100.0 cm³/mol. The lowest BCUT2D eigenvalue weighted by molar-refractivity contribution is -0.0120. The number of rotatable bonds is 7. The van der Waals surface area contributed by atoms with Crippen LogP contribution in [0.1, 0.15) is 26.3 Å². The molecule has 1 atom stereocenters. The summed E-state index contributed by atoms with van der Waals surface area (Å²) in [7, 11) is -1.34. The van der Waals surface area contributed by atoms with Gasteiger partial charge in [0.25, 0.3) is 0 Å². The molecule has 0 saturated heterocycles. The summed E-state index contributed by atoms with van der Waals surface area (Å²) in [5.74, 6) is 0.182. The first-order chi connectivity index (χ1) is 10.1. The van der Waals surface area contributed by atoms with Crippen molar-refractivity contribution < 1.29 is 8.85 Å². The molecule has 1 aromatic rings. The molecule has 0 aliphatic carbocycles. The second-order valence-electron chi connectivity index (χ2n) is 7.64. The molecule has 0 aromatic heterocycles. The summed E-state index contributed by atoms with van der Waals surface area (Å²) in [4.78, 5) is 2.51. The van der Waals surface area contributed by atoms with Crippen LogP contribution in [0.25, 0.3) is 0 Å². The summed E-state index contributed by atoms with van der Waals surface area (Å²) in [6.45, 7) is 16.7. The number of hydrogen-bond acceptors (Lipinski definition) is 3. The van der Waals surface area contributed by atoms with Gasteiger partial charge in [-0.05, 0) is 39.4 Å². The molecule has 3 nitrogen and oxygen atoms in total. The largest absolute Gasteiger partial charge is 0.398 e. The van der Waals surface area contributed by atoms with E-state index in [9.17, 15) is 0 Å². The number of hydrogen-bond donors (Lipinski definition) is 0. The van der Waals surface area contributed by atoms with Crippen LogP contribution in [0.4, 0.5) is 0 Å². The predicted octanol–water partition coefficient (Wildman–Crippen LogP) is 4.00. The topological polar surface area (TPSA) is 21.7 Å². The molecule has 0 aliphatic rings. The van der Waals surface area contributed by atoms with Gasteiger partial charge >= 0.3 is 8.56 Å². The summed E-state index contributed by atoms with van der Waals surface area (Å²) in [6, 6.07) is 10.7. The van der Waals surface area contributed by atoms with Crippen LogP contribution >= 0.6 is 0 Å². The highest BCUT2D eigenvalue weighted by atomic mass is 28.4. The van der Waals surface area contributed by atoms with E-state index in [0.717, 1.165) is 6.54 Å². The van der Waals surface area contributed by atoms with Crippen molar-refractivity contribution in [3.05, 3.63) is 35.9 Å². The van der Waals surface area contributed by atoms with Crippen LogP contribution < -0.4 is 0 Å². The summed E-state index contributed by atoms with van der Waals surface area (Å²) >= 11 is 0. The van der Waals surface area contributed by atoms with E-state index in [1.54, 1.807) is 7.11 Å². The van der Waals surface area contributed by atoms with Gasteiger partial charge < -0.3 is 8.85 Å². The van der Waals surface area contributed by atoms with Crippen LogP contribution in [0, 0.1) is 0 Å². The summed E-state index contributed by atoms with van der Waals surface area (Å²) in [6.07, 6.45) is 0. The quantitative estimate of drug-likeness (QED) is 0.553. The van der Waals surface area contributed by atoms with Gasteiger partial charge in [-0.25, -0.2) is 0 Å². The van der Waals surface area contributed by atoms with Crippen LogP contribution in [0.3, 0.4) is 0 Å². The minimum Gasteiger partial charge on any atom is -0.398 e. The average molecular weight is 340 g/mol. The van der Waals surface area contributed by atoms with Gasteiger partial charge in [-0.15, -0.1) is 0 Å². The third-order valence-electron chi connectivity index (χ3n) is 3.83. The van der Waals surface area contributed by atoms with E-state index < -0.39 is 17.4 Å². The Morgan fingerprint density at radius 3 is 2.09 bits per heavy atom.